The van der Waals surface area contributed by atoms with Gasteiger partial charge in [0.25, 0.3) is 0 Å². The Hall–Kier alpha value is -0.870. The molecule has 19 heavy (non-hydrogen) atoms. The van der Waals surface area contributed by atoms with Gasteiger partial charge < -0.3 is 5.32 Å². The van der Waals surface area contributed by atoms with E-state index in [4.69, 9.17) is 11.6 Å². The van der Waals surface area contributed by atoms with Gasteiger partial charge in [-0.25, -0.2) is 9.97 Å². The molecule has 0 aromatic carbocycles. The molecule has 1 rings (SSSR count). The fourth-order valence-electron chi connectivity index (χ4n) is 2.18. The summed E-state index contributed by atoms with van der Waals surface area (Å²) in [6, 6.07) is 1.08. The lowest BCUT2D eigenvalue weighted by Gasteiger charge is -2.30. The summed E-state index contributed by atoms with van der Waals surface area (Å²) in [7, 11) is 0. The molecule has 1 aromatic heterocycles. The van der Waals surface area contributed by atoms with Gasteiger partial charge in [0, 0.05) is 30.7 Å². The van der Waals surface area contributed by atoms with E-state index in [2.05, 4.69) is 47.9 Å². The number of nitrogens with zero attached hydrogens (tertiary/aromatic N) is 3. The first-order valence-corrected chi connectivity index (χ1v) is 7.21. The quantitative estimate of drug-likeness (QED) is 0.814. The van der Waals surface area contributed by atoms with Crippen molar-refractivity contribution in [3.8, 4) is 0 Å². The highest BCUT2D eigenvalue weighted by molar-refractivity contribution is 6.30. The third kappa shape index (κ3) is 4.62. The Morgan fingerprint density at radius 1 is 1.11 bits per heavy atom. The van der Waals surface area contributed by atoms with Crippen molar-refractivity contribution in [3.05, 3.63) is 16.5 Å². The molecule has 0 aliphatic carbocycles. The van der Waals surface area contributed by atoms with Crippen LogP contribution in [-0.4, -0.2) is 40.0 Å². The summed E-state index contributed by atoms with van der Waals surface area (Å²) in [6.07, 6.45) is 0. The second-order valence-electron chi connectivity index (χ2n) is 5.39. The van der Waals surface area contributed by atoms with Gasteiger partial charge in [-0.05, 0) is 41.5 Å². The molecule has 0 bridgehead atoms. The SMILES string of the molecule is Cc1nc(Cl)c(C)c(NCCN(C(C)C)C(C)C)n1. The number of rotatable bonds is 6. The second kappa shape index (κ2) is 7.06. The number of nitrogens with one attached hydrogen (secondary N) is 1. The van der Waals surface area contributed by atoms with E-state index in [1.807, 2.05) is 13.8 Å². The minimum absolute atomic E-state index is 0.527. The smallest absolute Gasteiger partial charge is 0.137 e. The topological polar surface area (TPSA) is 41.1 Å². The summed E-state index contributed by atoms with van der Waals surface area (Å²) in [4.78, 5) is 11.0. The lowest BCUT2D eigenvalue weighted by molar-refractivity contribution is 0.182. The van der Waals surface area contributed by atoms with E-state index < -0.39 is 0 Å². The van der Waals surface area contributed by atoms with Gasteiger partial charge in [0.15, 0.2) is 0 Å². The van der Waals surface area contributed by atoms with Gasteiger partial charge in [-0.1, -0.05) is 11.6 Å². The first-order valence-electron chi connectivity index (χ1n) is 6.83. The number of hydrogen-bond donors (Lipinski definition) is 1. The summed E-state index contributed by atoms with van der Waals surface area (Å²) < 4.78 is 0. The molecule has 4 nitrogen and oxygen atoms in total. The molecule has 0 atom stereocenters. The van der Waals surface area contributed by atoms with Crippen LogP contribution in [0.2, 0.25) is 5.15 Å². The minimum Gasteiger partial charge on any atom is -0.368 e. The van der Waals surface area contributed by atoms with Crippen LogP contribution in [0, 0.1) is 13.8 Å². The van der Waals surface area contributed by atoms with Crippen LogP contribution in [0.5, 0.6) is 0 Å². The Balaban J connectivity index is 2.62. The molecule has 0 saturated carbocycles. The lowest BCUT2D eigenvalue weighted by atomic mass is 10.2. The molecular formula is C14H25ClN4. The lowest BCUT2D eigenvalue weighted by Crippen LogP contribution is -2.40. The predicted octanol–water partition coefficient (Wildman–Crippen LogP) is 3.28. The van der Waals surface area contributed by atoms with Crippen LogP contribution in [0.1, 0.15) is 39.1 Å². The Bertz CT molecular complexity index is 410. The molecule has 1 aromatic rings. The zero-order chi connectivity index (χ0) is 14.6. The molecular weight excluding hydrogens is 260 g/mol. The van der Waals surface area contributed by atoms with E-state index in [1.54, 1.807) is 0 Å². The molecule has 0 saturated heterocycles. The zero-order valence-corrected chi connectivity index (χ0v) is 13.5. The predicted molar refractivity (Wildman–Crippen MR) is 82.0 cm³/mol. The van der Waals surface area contributed by atoms with Crippen LogP contribution in [0.15, 0.2) is 0 Å². The molecule has 0 fully saturated rings. The maximum atomic E-state index is 6.06. The maximum absolute atomic E-state index is 6.06. The van der Waals surface area contributed by atoms with E-state index in [0.29, 0.717) is 23.1 Å². The van der Waals surface area contributed by atoms with Crippen molar-refractivity contribution in [1.82, 2.24) is 14.9 Å². The van der Waals surface area contributed by atoms with Gasteiger partial charge in [0.1, 0.15) is 16.8 Å². The van der Waals surface area contributed by atoms with Gasteiger partial charge >= 0.3 is 0 Å². The summed E-state index contributed by atoms with van der Waals surface area (Å²) in [5, 5.41) is 3.88. The van der Waals surface area contributed by atoms with Gasteiger partial charge in [-0.3, -0.25) is 4.90 Å². The van der Waals surface area contributed by atoms with Crippen molar-refractivity contribution < 1.29 is 0 Å². The van der Waals surface area contributed by atoms with Crippen LogP contribution in [0.4, 0.5) is 5.82 Å². The standard InChI is InChI=1S/C14H25ClN4/c1-9(2)19(10(3)4)8-7-16-14-11(5)13(15)17-12(6)18-14/h9-10H,7-8H2,1-6H3,(H,16,17,18). The van der Waals surface area contributed by atoms with Crippen LogP contribution in [0.25, 0.3) is 0 Å². The van der Waals surface area contributed by atoms with Crippen LogP contribution in [0.3, 0.4) is 0 Å². The summed E-state index contributed by atoms with van der Waals surface area (Å²) >= 11 is 6.06. The Labute approximate surface area is 121 Å². The van der Waals surface area contributed by atoms with Crippen LogP contribution >= 0.6 is 11.6 Å². The number of aryl methyl sites for hydroxylation is 1. The maximum Gasteiger partial charge on any atom is 0.137 e. The molecule has 5 heteroatoms. The summed E-state index contributed by atoms with van der Waals surface area (Å²) in [5.74, 6) is 1.53. The van der Waals surface area contributed by atoms with Crippen LogP contribution < -0.4 is 5.32 Å². The third-order valence-electron chi connectivity index (χ3n) is 3.19. The normalized spacial score (nSPS) is 11.7. The molecule has 0 radical (unpaired) electrons. The van der Waals surface area contributed by atoms with Crippen molar-refractivity contribution >= 4 is 17.4 Å². The fraction of sp³-hybridized carbons (Fsp3) is 0.714. The monoisotopic (exact) mass is 284 g/mol. The van der Waals surface area contributed by atoms with Crippen molar-refractivity contribution in [3.63, 3.8) is 0 Å². The Morgan fingerprint density at radius 3 is 2.21 bits per heavy atom. The van der Waals surface area contributed by atoms with Crippen molar-refractivity contribution in [2.45, 2.75) is 53.6 Å². The van der Waals surface area contributed by atoms with Gasteiger partial charge in [0.2, 0.25) is 0 Å². The summed E-state index contributed by atoms with van der Waals surface area (Å²) in [6.45, 7) is 14.5. The largest absolute Gasteiger partial charge is 0.368 e. The highest BCUT2D eigenvalue weighted by atomic mass is 35.5. The number of anilines is 1. The van der Waals surface area contributed by atoms with Crippen molar-refractivity contribution in [1.29, 1.82) is 0 Å². The molecule has 0 amide bonds. The van der Waals surface area contributed by atoms with Gasteiger partial charge in [-0.2, -0.15) is 0 Å². The molecule has 0 unspecified atom stereocenters. The van der Waals surface area contributed by atoms with Crippen molar-refractivity contribution in [2.24, 2.45) is 0 Å². The minimum atomic E-state index is 0.527. The van der Waals surface area contributed by atoms with E-state index in [0.717, 1.165) is 24.5 Å². The molecule has 0 aliphatic heterocycles. The Kier molecular flexibility index (Phi) is 6.01. The van der Waals surface area contributed by atoms with E-state index in [-0.39, 0.29) is 0 Å². The van der Waals surface area contributed by atoms with E-state index in [9.17, 15) is 0 Å². The number of hydrogen-bond acceptors (Lipinski definition) is 4. The Morgan fingerprint density at radius 2 is 1.68 bits per heavy atom. The highest BCUT2D eigenvalue weighted by Crippen LogP contribution is 2.19. The highest BCUT2D eigenvalue weighted by Gasteiger charge is 2.13. The van der Waals surface area contributed by atoms with E-state index >= 15 is 0 Å². The third-order valence-corrected chi connectivity index (χ3v) is 3.56. The average Bonchev–Trinajstić information content (AvgIpc) is 2.29. The summed E-state index contributed by atoms with van der Waals surface area (Å²) in [5.41, 5.74) is 0.910. The van der Waals surface area contributed by atoms with Crippen molar-refractivity contribution in [2.75, 3.05) is 18.4 Å². The molecule has 0 aliphatic rings. The van der Waals surface area contributed by atoms with Gasteiger partial charge in [0.05, 0.1) is 0 Å². The number of aromatic nitrogens is 2. The van der Waals surface area contributed by atoms with Gasteiger partial charge in [-0.15, -0.1) is 0 Å². The van der Waals surface area contributed by atoms with E-state index in [1.165, 1.54) is 0 Å². The first-order chi connectivity index (χ1) is 8.82. The van der Waals surface area contributed by atoms with Crippen LogP contribution in [-0.2, 0) is 0 Å². The second-order valence-corrected chi connectivity index (χ2v) is 5.75. The molecule has 0 spiro atoms. The molecule has 1 heterocycles. The first kappa shape index (κ1) is 16.2. The average molecular weight is 285 g/mol. The fourth-order valence-corrected chi connectivity index (χ4v) is 2.39. The molecule has 108 valence electrons. The number of halogens is 1. The molecule has 1 N–H and O–H groups in total. The zero-order valence-electron chi connectivity index (χ0n) is 12.8.